The number of piperazine rings is 1. The Morgan fingerprint density at radius 1 is 1.02 bits per heavy atom. The van der Waals surface area contributed by atoms with Crippen LogP contribution in [0.4, 0.5) is 5.95 Å². The molecule has 1 atom stereocenters. The molecule has 0 saturated carbocycles. The van der Waals surface area contributed by atoms with Gasteiger partial charge < -0.3 is 9.64 Å². The first-order chi connectivity index (χ1) is 19.7. The molecule has 6 rings (SSSR count). The van der Waals surface area contributed by atoms with E-state index in [-0.39, 0.29) is 35.3 Å². The van der Waals surface area contributed by atoms with Crippen molar-refractivity contribution in [2.45, 2.75) is 31.3 Å². The monoisotopic (exact) mass is 573 g/mol. The maximum atomic E-state index is 13.7. The topological polar surface area (TPSA) is 123 Å². The second kappa shape index (κ2) is 10.6. The number of benzene rings is 2. The zero-order chi connectivity index (χ0) is 28.7. The molecule has 1 amide bonds. The van der Waals surface area contributed by atoms with Gasteiger partial charge in [0.05, 0.1) is 22.3 Å². The van der Waals surface area contributed by atoms with E-state index in [0.717, 1.165) is 22.4 Å². The van der Waals surface area contributed by atoms with E-state index in [4.69, 9.17) is 4.74 Å². The van der Waals surface area contributed by atoms with Crippen molar-refractivity contribution >= 4 is 21.9 Å². The number of aryl methyl sites for hydroxylation is 3. The summed E-state index contributed by atoms with van der Waals surface area (Å²) in [5.74, 6) is -0.134. The molecule has 1 N–H and O–H groups in total. The fourth-order valence-corrected chi connectivity index (χ4v) is 6.45. The number of carbonyl (C=O) groups excluding carboxylic acids is 1. The predicted molar refractivity (Wildman–Crippen MR) is 153 cm³/mol. The van der Waals surface area contributed by atoms with Crippen molar-refractivity contribution in [1.29, 1.82) is 0 Å². The van der Waals surface area contributed by atoms with E-state index in [1.54, 1.807) is 27.8 Å². The number of nitrogens with one attached hydrogen (secondary N) is 1. The Balaban J connectivity index is 1.41. The van der Waals surface area contributed by atoms with E-state index in [1.165, 1.54) is 12.1 Å². The van der Waals surface area contributed by atoms with Crippen LogP contribution in [0.25, 0.3) is 11.3 Å². The molecular weight excluding hydrogens is 542 g/mol. The van der Waals surface area contributed by atoms with Crippen molar-refractivity contribution in [1.82, 2.24) is 29.5 Å². The summed E-state index contributed by atoms with van der Waals surface area (Å²) >= 11 is 0. The SMILES string of the molecule is Cc1cccc(C)c1-c1cc2nc(n1)NS(=O)(=O)c1cccc(c1)C(=O)N1CCN(Cc3ccn(C)n3)C[C@@H]1CO2. The highest BCUT2D eigenvalue weighted by atomic mass is 32.2. The van der Waals surface area contributed by atoms with Gasteiger partial charge in [0.15, 0.2) is 0 Å². The van der Waals surface area contributed by atoms with Gasteiger partial charge in [0.25, 0.3) is 15.9 Å². The molecule has 2 aromatic carbocycles. The lowest BCUT2D eigenvalue weighted by Crippen LogP contribution is -2.57. The Hall–Kier alpha value is -4.29. The molecule has 12 heteroatoms. The number of ether oxygens (including phenoxy) is 1. The van der Waals surface area contributed by atoms with Crippen LogP contribution in [0.2, 0.25) is 0 Å². The van der Waals surface area contributed by atoms with Gasteiger partial charge in [0, 0.05) is 56.6 Å². The second-order valence-electron chi connectivity index (χ2n) is 10.5. The number of aromatic nitrogens is 4. The lowest BCUT2D eigenvalue weighted by atomic mass is 10.00. The zero-order valence-corrected chi connectivity index (χ0v) is 23.9. The minimum absolute atomic E-state index is 0.0449. The number of fused-ring (bicyclic) bond motifs is 5. The highest BCUT2D eigenvalue weighted by Crippen LogP contribution is 2.30. The van der Waals surface area contributed by atoms with E-state index in [1.807, 2.05) is 51.4 Å². The molecule has 4 bridgehead atoms. The fourth-order valence-electron chi connectivity index (χ4n) is 5.46. The summed E-state index contributed by atoms with van der Waals surface area (Å²) in [5.41, 5.74) is 4.63. The largest absolute Gasteiger partial charge is 0.475 e. The van der Waals surface area contributed by atoms with Crippen LogP contribution in [0, 0.1) is 13.8 Å². The molecular formula is C29H31N7O4S. The first kappa shape index (κ1) is 26.9. The third-order valence-corrected chi connectivity index (χ3v) is 8.79. The molecule has 1 saturated heterocycles. The third kappa shape index (κ3) is 5.52. The van der Waals surface area contributed by atoms with Gasteiger partial charge in [-0.15, -0.1) is 0 Å². The van der Waals surface area contributed by atoms with Crippen LogP contribution in [-0.2, 0) is 23.6 Å². The van der Waals surface area contributed by atoms with Crippen molar-refractivity contribution in [3.05, 3.63) is 83.2 Å². The number of amides is 1. The smallest absolute Gasteiger partial charge is 0.264 e. The number of hydrogen-bond acceptors (Lipinski definition) is 8. The average Bonchev–Trinajstić information content (AvgIpc) is 3.35. The van der Waals surface area contributed by atoms with Crippen molar-refractivity contribution in [2.75, 3.05) is 31.0 Å². The van der Waals surface area contributed by atoms with Crippen LogP contribution in [0.1, 0.15) is 27.2 Å². The van der Waals surface area contributed by atoms with Crippen LogP contribution in [0.5, 0.6) is 5.88 Å². The lowest BCUT2D eigenvalue weighted by Gasteiger charge is -2.41. The number of anilines is 1. The van der Waals surface area contributed by atoms with Crippen LogP contribution in [0.3, 0.4) is 0 Å². The first-order valence-corrected chi connectivity index (χ1v) is 14.9. The maximum absolute atomic E-state index is 13.7. The standard InChI is InChI=1S/C29H31N7O4S/c1-19-6-4-7-20(2)27(19)25-15-26-31-29(30-25)33-41(38,39)24-9-5-8-21(14-24)28(37)36-13-12-35(17-23(36)18-40-26)16-22-10-11-34(3)32-22/h4-11,14-15,23H,12-13,16-18H2,1-3H3,(H,30,31,33)/t23-/m1/s1. The van der Waals surface area contributed by atoms with Crippen molar-refractivity contribution in [3.8, 4) is 17.1 Å². The molecule has 0 radical (unpaired) electrons. The summed E-state index contributed by atoms with van der Waals surface area (Å²) in [4.78, 5) is 26.7. The van der Waals surface area contributed by atoms with Gasteiger partial charge in [-0.25, -0.2) is 18.1 Å². The van der Waals surface area contributed by atoms with Crippen LogP contribution in [-0.4, -0.2) is 76.2 Å². The molecule has 2 aliphatic rings. The summed E-state index contributed by atoms with van der Waals surface area (Å²) in [6.07, 6.45) is 1.91. The summed E-state index contributed by atoms with van der Waals surface area (Å²) in [5, 5.41) is 4.50. The van der Waals surface area contributed by atoms with E-state index in [0.29, 0.717) is 37.4 Å². The zero-order valence-electron chi connectivity index (χ0n) is 23.1. The molecule has 2 aromatic heterocycles. The number of hydrogen-bond donors (Lipinski definition) is 1. The molecule has 41 heavy (non-hydrogen) atoms. The summed E-state index contributed by atoms with van der Waals surface area (Å²) in [6, 6.07) is 15.4. The van der Waals surface area contributed by atoms with Crippen LogP contribution >= 0.6 is 0 Å². The van der Waals surface area contributed by atoms with Crippen molar-refractivity contribution in [3.63, 3.8) is 0 Å². The minimum atomic E-state index is -4.09. The number of sulfonamides is 1. The van der Waals surface area contributed by atoms with E-state index >= 15 is 0 Å². The third-order valence-electron chi connectivity index (χ3n) is 7.46. The van der Waals surface area contributed by atoms with Gasteiger partial charge in [-0.3, -0.25) is 14.4 Å². The predicted octanol–water partition coefficient (Wildman–Crippen LogP) is 3.01. The Labute approximate surface area is 238 Å². The van der Waals surface area contributed by atoms with Gasteiger partial charge in [-0.05, 0) is 49.2 Å². The number of rotatable bonds is 3. The molecule has 0 unspecified atom stereocenters. The fraction of sp³-hybridized carbons (Fsp3) is 0.310. The molecule has 2 aliphatic heterocycles. The maximum Gasteiger partial charge on any atom is 0.264 e. The average molecular weight is 574 g/mol. The molecule has 4 aromatic rings. The first-order valence-electron chi connectivity index (χ1n) is 13.4. The summed E-state index contributed by atoms with van der Waals surface area (Å²) in [6.45, 7) is 6.42. The normalized spacial score (nSPS) is 18.8. The van der Waals surface area contributed by atoms with E-state index in [9.17, 15) is 13.2 Å². The van der Waals surface area contributed by atoms with Gasteiger partial charge >= 0.3 is 0 Å². The van der Waals surface area contributed by atoms with Crippen molar-refractivity contribution < 1.29 is 17.9 Å². The van der Waals surface area contributed by atoms with Crippen LogP contribution < -0.4 is 9.46 Å². The van der Waals surface area contributed by atoms with E-state index < -0.39 is 10.0 Å². The molecule has 4 heterocycles. The molecule has 212 valence electrons. The Bertz CT molecular complexity index is 1720. The highest BCUT2D eigenvalue weighted by molar-refractivity contribution is 7.92. The Morgan fingerprint density at radius 3 is 2.56 bits per heavy atom. The molecule has 0 spiro atoms. The van der Waals surface area contributed by atoms with E-state index in [2.05, 4.69) is 24.7 Å². The summed E-state index contributed by atoms with van der Waals surface area (Å²) < 4.78 is 37.3. The lowest BCUT2D eigenvalue weighted by molar-refractivity contribution is 0.0307. The Morgan fingerprint density at radius 2 is 1.80 bits per heavy atom. The molecule has 1 fully saturated rings. The quantitative estimate of drug-likeness (QED) is 0.397. The van der Waals surface area contributed by atoms with Gasteiger partial charge in [0.2, 0.25) is 11.8 Å². The minimum Gasteiger partial charge on any atom is -0.475 e. The molecule has 0 aliphatic carbocycles. The molecule has 11 nitrogen and oxygen atoms in total. The van der Waals surface area contributed by atoms with Gasteiger partial charge in [0.1, 0.15) is 6.61 Å². The van der Waals surface area contributed by atoms with Gasteiger partial charge in [-0.1, -0.05) is 24.3 Å². The Kier molecular flexibility index (Phi) is 6.96. The van der Waals surface area contributed by atoms with Crippen LogP contribution in [0.15, 0.2) is 65.7 Å². The summed E-state index contributed by atoms with van der Waals surface area (Å²) in [7, 11) is -2.21. The second-order valence-corrected chi connectivity index (χ2v) is 12.2. The van der Waals surface area contributed by atoms with Gasteiger partial charge in [-0.2, -0.15) is 10.1 Å². The number of nitrogens with zero attached hydrogens (tertiary/aromatic N) is 6. The van der Waals surface area contributed by atoms with Crippen molar-refractivity contribution in [2.24, 2.45) is 7.05 Å². The number of carbonyl (C=O) groups is 1. The highest BCUT2D eigenvalue weighted by Gasteiger charge is 2.33.